The van der Waals surface area contributed by atoms with Gasteiger partial charge in [0.2, 0.25) is 0 Å². The van der Waals surface area contributed by atoms with Crippen molar-refractivity contribution in [1.82, 2.24) is 16.3 Å². The van der Waals surface area contributed by atoms with Crippen molar-refractivity contribution < 1.29 is 19.2 Å². The predicted molar refractivity (Wildman–Crippen MR) is 107 cm³/mol. The quantitative estimate of drug-likeness (QED) is 0.290. The van der Waals surface area contributed by atoms with Crippen LogP contribution in [0.15, 0.2) is 70.1 Å². The van der Waals surface area contributed by atoms with Gasteiger partial charge in [-0.05, 0) is 42.8 Å². The maximum Gasteiger partial charge on any atom is 0.267 e. The number of nitrogens with one attached hydrogen (secondary N) is 3. The highest BCUT2D eigenvalue weighted by Gasteiger charge is 2.14. The maximum absolute atomic E-state index is 12.6. The van der Waals surface area contributed by atoms with Gasteiger partial charge >= 0.3 is 0 Å². The minimum absolute atomic E-state index is 0.171. The molecule has 0 radical (unpaired) electrons. The van der Waals surface area contributed by atoms with E-state index in [1.807, 2.05) is 0 Å². The lowest BCUT2D eigenvalue weighted by molar-refractivity contribution is -0.124. The summed E-state index contributed by atoms with van der Waals surface area (Å²) in [4.78, 5) is 36.1. The molecule has 8 nitrogen and oxygen atoms in total. The summed E-state index contributed by atoms with van der Waals surface area (Å²) in [6, 6.07) is 13.0. The van der Waals surface area contributed by atoms with Crippen LogP contribution in [-0.2, 0) is 4.79 Å². The van der Waals surface area contributed by atoms with Gasteiger partial charge in [0.05, 0.1) is 23.3 Å². The third-order valence-corrected chi connectivity index (χ3v) is 4.26. The van der Waals surface area contributed by atoms with Crippen LogP contribution < -0.4 is 21.8 Å². The van der Waals surface area contributed by atoms with E-state index in [-0.39, 0.29) is 5.43 Å². The van der Waals surface area contributed by atoms with Crippen LogP contribution in [0.4, 0.5) is 0 Å². The molecule has 0 spiro atoms. The Hall–Kier alpha value is -3.75. The Morgan fingerprint density at radius 2 is 1.93 bits per heavy atom. The zero-order chi connectivity index (χ0) is 20.8. The average molecular weight is 393 g/mol. The smallest absolute Gasteiger partial charge is 0.267 e. The van der Waals surface area contributed by atoms with Crippen LogP contribution in [-0.4, -0.2) is 17.0 Å². The van der Waals surface area contributed by atoms with Gasteiger partial charge in [-0.2, -0.15) is 0 Å². The van der Waals surface area contributed by atoms with Gasteiger partial charge in [0.15, 0.2) is 5.43 Å². The molecule has 4 N–H and O–H groups in total. The predicted octanol–water partition coefficient (Wildman–Crippen LogP) is 2.31. The summed E-state index contributed by atoms with van der Waals surface area (Å²) in [5, 5.41) is 8.97. The summed E-state index contributed by atoms with van der Waals surface area (Å²) in [5.74, 6) is -1.09. The normalized spacial score (nSPS) is 12.1. The Morgan fingerprint density at radius 1 is 1.14 bits per heavy atom. The second-order valence-electron chi connectivity index (χ2n) is 6.27. The highest BCUT2D eigenvalue weighted by Crippen LogP contribution is 2.14. The first kappa shape index (κ1) is 20.0. The van der Waals surface area contributed by atoms with Gasteiger partial charge < -0.3 is 4.42 Å². The summed E-state index contributed by atoms with van der Waals surface area (Å²) >= 11 is 0. The van der Waals surface area contributed by atoms with Gasteiger partial charge in [-0.15, -0.1) is 0 Å². The van der Waals surface area contributed by atoms with Gasteiger partial charge in [0.25, 0.3) is 11.8 Å². The lowest BCUT2D eigenvalue weighted by Crippen LogP contribution is -2.40. The molecular formula is C21H19N3O5. The highest BCUT2D eigenvalue weighted by molar-refractivity contribution is 5.95. The molecule has 1 unspecified atom stereocenters. The van der Waals surface area contributed by atoms with Crippen molar-refractivity contribution in [3.63, 3.8) is 0 Å². The Bertz CT molecular complexity index is 1140. The molecule has 1 aromatic heterocycles. The van der Waals surface area contributed by atoms with Crippen LogP contribution in [0, 0.1) is 0 Å². The number of para-hydroxylation sites is 1. The minimum Gasteiger partial charge on any atom is -0.464 e. The number of fused-ring (bicyclic) bond motifs is 1. The maximum atomic E-state index is 12.6. The molecule has 2 amide bonds. The minimum atomic E-state index is -0.676. The largest absolute Gasteiger partial charge is 0.464 e. The number of hydroxylamine groups is 1. The van der Waals surface area contributed by atoms with E-state index in [1.54, 1.807) is 55.5 Å². The van der Waals surface area contributed by atoms with Crippen molar-refractivity contribution >= 4 is 28.9 Å². The monoisotopic (exact) mass is 393 g/mol. The second-order valence-corrected chi connectivity index (χ2v) is 6.27. The zero-order valence-electron chi connectivity index (χ0n) is 15.5. The molecule has 0 fully saturated rings. The topological polar surface area (TPSA) is 121 Å². The fraction of sp³-hybridized carbons (Fsp3) is 0.0952. The van der Waals surface area contributed by atoms with Crippen LogP contribution in [0.1, 0.15) is 34.5 Å². The number of rotatable bonds is 6. The van der Waals surface area contributed by atoms with E-state index in [4.69, 9.17) is 9.62 Å². The number of carbonyl (C=O) groups excluding carboxylic acids is 2. The number of hydrazine groups is 1. The van der Waals surface area contributed by atoms with Crippen LogP contribution in [0.5, 0.6) is 0 Å². The number of amides is 2. The van der Waals surface area contributed by atoms with Crippen molar-refractivity contribution in [1.29, 1.82) is 0 Å². The Balaban J connectivity index is 1.69. The first-order chi connectivity index (χ1) is 14.0. The van der Waals surface area contributed by atoms with Crippen LogP contribution >= 0.6 is 0 Å². The van der Waals surface area contributed by atoms with Crippen LogP contribution in [0.2, 0.25) is 0 Å². The van der Waals surface area contributed by atoms with E-state index in [2.05, 4.69) is 10.9 Å². The standard InChI is InChI=1S/C21H19N3O5/c1-13(17-12-29-18-8-3-2-7-16(18)20(17)26)22-23-21(27)15-6-4-5-14(11-15)9-10-19(25)24-28/h2-13,22,28H,1H3,(H,23,27)(H,24,25)/b10-9+. The first-order valence-electron chi connectivity index (χ1n) is 8.78. The Morgan fingerprint density at radius 3 is 2.72 bits per heavy atom. The molecule has 3 aromatic rings. The SMILES string of the molecule is CC(NNC(=O)c1cccc(/C=C/C(=O)NO)c1)c1coc2ccccc2c1=O. The van der Waals surface area contributed by atoms with Crippen LogP contribution in [0.3, 0.4) is 0 Å². The van der Waals surface area contributed by atoms with E-state index >= 15 is 0 Å². The van der Waals surface area contributed by atoms with Gasteiger partial charge in [0.1, 0.15) is 5.58 Å². The summed E-state index contributed by atoms with van der Waals surface area (Å²) < 4.78 is 5.50. The van der Waals surface area contributed by atoms with E-state index in [0.717, 1.165) is 6.08 Å². The summed E-state index contributed by atoms with van der Waals surface area (Å²) in [7, 11) is 0. The van der Waals surface area contributed by atoms with E-state index < -0.39 is 17.9 Å². The second kappa shape index (κ2) is 8.96. The molecule has 1 heterocycles. The molecule has 29 heavy (non-hydrogen) atoms. The fourth-order valence-corrected chi connectivity index (χ4v) is 2.71. The molecule has 0 aliphatic rings. The molecule has 0 aliphatic carbocycles. The summed E-state index contributed by atoms with van der Waals surface area (Å²) in [6.45, 7) is 1.73. The van der Waals surface area contributed by atoms with E-state index in [0.29, 0.717) is 27.7 Å². The Labute approximate surface area is 165 Å². The van der Waals surface area contributed by atoms with E-state index in [9.17, 15) is 14.4 Å². The van der Waals surface area contributed by atoms with Gasteiger partial charge in [-0.25, -0.2) is 10.9 Å². The number of hydrogen-bond donors (Lipinski definition) is 4. The first-order valence-corrected chi connectivity index (χ1v) is 8.78. The molecule has 0 saturated heterocycles. The average Bonchev–Trinajstić information content (AvgIpc) is 2.76. The molecule has 2 aromatic carbocycles. The molecule has 8 heteroatoms. The number of hydrogen-bond acceptors (Lipinski definition) is 6. The molecule has 3 rings (SSSR count). The molecule has 0 aliphatic heterocycles. The van der Waals surface area contributed by atoms with Crippen LogP contribution in [0.25, 0.3) is 17.0 Å². The van der Waals surface area contributed by atoms with E-state index in [1.165, 1.54) is 17.8 Å². The zero-order valence-corrected chi connectivity index (χ0v) is 15.5. The third kappa shape index (κ3) is 4.75. The van der Waals surface area contributed by atoms with Gasteiger partial charge in [-0.3, -0.25) is 25.0 Å². The van der Waals surface area contributed by atoms with Crippen molar-refractivity contribution in [3.05, 3.63) is 87.8 Å². The van der Waals surface area contributed by atoms with Gasteiger partial charge in [-0.1, -0.05) is 24.3 Å². The summed E-state index contributed by atoms with van der Waals surface area (Å²) in [5.41, 5.74) is 8.52. The molecule has 1 atom stereocenters. The number of benzene rings is 2. The molecule has 148 valence electrons. The third-order valence-electron chi connectivity index (χ3n) is 4.26. The molecule has 0 bridgehead atoms. The van der Waals surface area contributed by atoms with Gasteiger partial charge in [0, 0.05) is 11.6 Å². The highest BCUT2D eigenvalue weighted by atomic mass is 16.5. The molecule has 0 saturated carbocycles. The lowest BCUT2D eigenvalue weighted by atomic mass is 10.1. The van der Waals surface area contributed by atoms with Crippen molar-refractivity contribution in [2.24, 2.45) is 0 Å². The van der Waals surface area contributed by atoms with Crippen molar-refractivity contribution in [2.75, 3.05) is 0 Å². The summed E-state index contributed by atoms with van der Waals surface area (Å²) in [6.07, 6.45) is 3.97. The number of carbonyl (C=O) groups is 2. The molecular weight excluding hydrogens is 374 g/mol. The van der Waals surface area contributed by atoms with Crippen molar-refractivity contribution in [3.8, 4) is 0 Å². The lowest BCUT2D eigenvalue weighted by Gasteiger charge is -2.14. The fourth-order valence-electron chi connectivity index (χ4n) is 2.71. The Kier molecular flexibility index (Phi) is 6.18. The van der Waals surface area contributed by atoms with Crippen molar-refractivity contribution in [2.45, 2.75) is 13.0 Å².